The van der Waals surface area contributed by atoms with E-state index >= 15 is 0 Å². The van der Waals surface area contributed by atoms with E-state index in [4.69, 9.17) is 0 Å². The van der Waals surface area contributed by atoms with Gasteiger partial charge in [-0.05, 0) is 57.9 Å². The molecule has 0 amide bonds. The van der Waals surface area contributed by atoms with Crippen molar-refractivity contribution in [1.82, 2.24) is 10.3 Å². The summed E-state index contributed by atoms with van der Waals surface area (Å²) in [6, 6.07) is 11.3. The van der Waals surface area contributed by atoms with Crippen LogP contribution in [-0.2, 0) is 0 Å². The van der Waals surface area contributed by atoms with Crippen LogP contribution in [0.25, 0.3) is 0 Å². The normalized spacial score (nSPS) is 12.4. The lowest BCUT2D eigenvalue weighted by molar-refractivity contribution is 0.593. The number of rotatable bonds is 5. The van der Waals surface area contributed by atoms with Crippen LogP contribution in [0.4, 0.5) is 0 Å². The minimum Gasteiger partial charge on any atom is -0.306 e. The van der Waals surface area contributed by atoms with Gasteiger partial charge < -0.3 is 5.32 Å². The Bertz CT molecular complexity index is 597. The van der Waals surface area contributed by atoms with Crippen LogP contribution < -0.4 is 5.32 Å². The van der Waals surface area contributed by atoms with E-state index in [1.165, 1.54) is 22.3 Å². The molecule has 1 N–H and O–H groups in total. The highest BCUT2D eigenvalue weighted by Crippen LogP contribution is 2.26. The second-order valence-corrected chi connectivity index (χ2v) is 5.94. The molecular formula is C19H26N2. The summed E-state index contributed by atoms with van der Waals surface area (Å²) in [6.07, 6.45) is 1.12. The monoisotopic (exact) mass is 282 g/mol. The van der Waals surface area contributed by atoms with Gasteiger partial charge in [0, 0.05) is 11.4 Å². The Morgan fingerprint density at radius 1 is 1.00 bits per heavy atom. The molecule has 0 spiro atoms. The van der Waals surface area contributed by atoms with Gasteiger partial charge in [-0.25, -0.2) is 0 Å². The van der Waals surface area contributed by atoms with Crippen LogP contribution in [0.3, 0.4) is 0 Å². The van der Waals surface area contributed by atoms with Crippen LogP contribution in [-0.4, -0.2) is 11.5 Å². The van der Waals surface area contributed by atoms with E-state index in [1.54, 1.807) is 0 Å². The molecule has 0 fully saturated rings. The molecular weight excluding hydrogens is 256 g/mol. The van der Waals surface area contributed by atoms with Crippen LogP contribution in [0.1, 0.15) is 53.0 Å². The summed E-state index contributed by atoms with van der Waals surface area (Å²) >= 11 is 0. The smallest absolute Gasteiger partial charge is 0.0594 e. The lowest BCUT2D eigenvalue weighted by Crippen LogP contribution is -2.24. The molecule has 112 valence electrons. The number of nitrogens with zero attached hydrogens (tertiary/aromatic N) is 1. The van der Waals surface area contributed by atoms with E-state index in [0.29, 0.717) is 0 Å². The lowest BCUT2D eigenvalue weighted by Gasteiger charge is -2.22. The van der Waals surface area contributed by atoms with Gasteiger partial charge in [0.15, 0.2) is 0 Å². The summed E-state index contributed by atoms with van der Waals surface area (Å²) in [5.41, 5.74) is 7.42. The fraction of sp³-hybridized carbons (Fsp3) is 0.421. The van der Waals surface area contributed by atoms with Gasteiger partial charge >= 0.3 is 0 Å². The summed E-state index contributed by atoms with van der Waals surface area (Å²) in [6.45, 7) is 11.7. The van der Waals surface area contributed by atoms with Gasteiger partial charge in [0.25, 0.3) is 0 Å². The number of nitrogens with one attached hydrogen (secondary N) is 1. The van der Waals surface area contributed by atoms with E-state index in [1.807, 2.05) is 6.92 Å². The summed E-state index contributed by atoms with van der Waals surface area (Å²) in [4.78, 5) is 4.63. The first-order valence-electron chi connectivity index (χ1n) is 7.77. The Kier molecular flexibility index (Phi) is 5.13. The van der Waals surface area contributed by atoms with Crippen molar-refractivity contribution in [2.75, 3.05) is 6.54 Å². The molecule has 0 radical (unpaired) electrons. The fourth-order valence-corrected chi connectivity index (χ4v) is 2.88. The molecule has 0 aliphatic carbocycles. The average Bonchev–Trinajstić information content (AvgIpc) is 2.40. The third-order valence-electron chi connectivity index (χ3n) is 3.75. The zero-order chi connectivity index (χ0) is 15.4. The molecule has 0 saturated carbocycles. The number of aryl methyl sites for hydroxylation is 4. The first-order valence-corrected chi connectivity index (χ1v) is 7.77. The molecule has 1 aromatic carbocycles. The van der Waals surface area contributed by atoms with E-state index in [-0.39, 0.29) is 6.04 Å². The standard InChI is InChI=1S/C19H26N2/c1-6-9-20-19(17-11-13(2)10-14(3)12-17)18-8-7-15(4)21-16(18)5/h7-8,10-12,19-20H,6,9H2,1-5H3. The highest BCUT2D eigenvalue weighted by Gasteiger charge is 2.16. The van der Waals surface area contributed by atoms with Gasteiger partial charge in [0.2, 0.25) is 0 Å². The second kappa shape index (κ2) is 6.86. The SMILES string of the molecule is CCCNC(c1cc(C)cc(C)c1)c1ccc(C)nc1C. The molecule has 1 aromatic heterocycles. The van der Waals surface area contributed by atoms with Crippen molar-refractivity contribution in [2.24, 2.45) is 0 Å². The second-order valence-electron chi connectivity index (χ2n) is 5.94. The lowest BCUT2D eigenvalue weighted by atomic mass is 9.94. The first-order chi connectivity index (χ1) is 10.0. The predicted molar refractivity (Wildman–Crippen MR) is 89.8 cm³/mol. The van der Waals surface area contributed by atoms with Crippen LogP contribution in [0, 0.1) is 27.7 Å². The summed E-state index contributed by atoms with van der Waals surface area (Å²) in [7, 11) is 0. The van der Waals surface area contributed by atoms with Gasteiger partial charge in [-0.1, -0.05) is 42.3 Å². The first kappa shape index (κ1) is 15.7. The Labute approximate surface area is 128 Å². The zero-order valence-corrected chi connectivity index (χ0v) is 13.8. The van der Waals surface area contributed by atoms with Crippen LogP contribution in [0.5, 0.6) is 0 Å². The molecule has 1 unspecified atom stereocenters. The molecule has 2 aromatic rings. The fourth-order valence-electron chi connectivity index (χ4n) is 2.88. The summed E-state index contributed by atoms with van der Waals surface area (Å²) in [5.74, 6) is 0. The third kappa shape index (κ3) is 3.92. The van der Waals surface area contributed by atoms with Crippen molar-refractivity contribution < 1.29 is 0 Å². The number of aromatic nitrogens is 1. The van der Waals surface area contributed by atoms with Gasteiger partial charge in [0.05, 0.1) is 6.04 Å². The van der Waals surface area contributed by atoms with Crippen LogP contribution >= 0.6 is 0 Å². The van der Waals surface area contributed by atoms with E-state index in [0.717, 1.165) is 24.4 Å². The topological polar surface area (TPSA) is 24.9 Å². The molecule has 21 heavy (non-hydrogen) atoms. The molecule has 0 aliphatic heterocycles. The van der Waals surface area contributed by atoms with Crippen molar-refractivity contribution in [3.8, 4) is 0 Å². The number of hydrogen-bond donors (Lipinski definition) is 1. The van der Waals surface area contributed by atoms with Crippen LogP contribution in [0.2, 0.25) is 0 Å². The Balaban J connectivity index is 2.46. The number of pyridine rings is 1. The van der Waals surface area contributed by atoms with Crippen molar-refractivity contribution in [3.05, 3.63) is 64.0 Å². The van der Waals surface area contributed by atoms with Crippen molar-refractivity contribution in [1.29, 1.82) is 0 Å². The maximum Gasteiger partial charge on any atom is 0.0594 e. The summed E-state index contributed by atoms with van der Waals surface area (Å²) in [5, 5.41) is 3.68. The van der Waals surface area contributed by atoms with Gasteiger partial charge in [-0.2, -0.15) is 0 Å². The van der Waals surface area contributed by atoms with E-state index in [9.17, 15) is 0 Å². The Hall–Kier alpha value is -1.67. The minimum absolute atomic E-state index is 0.219. The predicted octanol–water partition coefficient (Wildman–Crippen LogP) is 4.40. The summed E-state index contributed by atoms with van der Waals surface area (Å²) < 4.78 is 0. The highest BCUT2D eigenvalue weighted by molar-refractivity contribution is 5.38. The Morgan fingerprint density at radius 2 is 1.67 bits per heavy atom. The highest BCUT2D eigenvalue weighted by atomic mass is 14.9. The van der Waals surface area contributed by atoms with Gasteiger partial charge in [0.1, 0.15) is 0 Å². The van der Waals surface area contributed by atoms with Crippen molar-refractivity contribution >= 4 is 0 Å². The van der Waals surface area contributed by atoms with Crippen LogP contribution in [0.15, 0.2) is 30.3 Å². The zero-order valence-electron chi connectivity index (χ0n) is 13.8. The maximum atomic E-state index is 4.63. The minimum atomic E-state index is 0.219. The van der Waals surface area contributed by atoms with Gasteiger partial charge in [-0.15, -0.1) is 0 Å². The van der Waals surface area contributed by atoms with Gasteiger partial charge in [-0.3, -0.25) is 4.98 Å². The average molecular weight is 282 g/mol. The maximum absolute atomic E-state index is 4.63. The third-order valence-corrected chi connectivity index (χ3v) is 3.75. The molecule has 2 heteroatoms. The molecule has 2 rings (SSSR count). The molecule has 0 saturated heterocycles. The molecule has 2 nitrogen and oxygen atoms in total. The number of hydrogen-bond acceptors (Lipinski definition) is 2. The molecule has 1 atom stereocenters. The van der Waals surface area contributed by atoms with Crippen molar-refractivity contribution in [3.63, 3.8) is 0 Å². The Morgan fingerprint density at radius 3 is 2.24 bits per heavy atom. The van der Waals surface area contributed by atoms with E-state index in [2.05, 4.69) is 68.3 Å². The van der Waals surface area contributed by atoms with E-state index < -0.39 is 0 Å². The quantitative estimate of drug-likeness (QED) is 0.879. The largest absolute Gasteiger partial charge is 0.306 e. The molecule has 0 aliphatic rings. The number of benzene rings is 1. The molecule has 1 heterocycles. The molecule has 0 bridgehead atoms. The van der Waals surface area contributed by atoms with Crippen molar-refractivity contribution in [2.45, 2.75) is 47.1 Å².